The molecule has 0 nitrogen and oxygen atoms in total. The molecule has 0 aromatic heterocycles. The summed E-state index contributed by atoms with van der Waals surface area (Å²) in [5.41, 5.74) is 0.805. The first-order valence-corrected chi connectivity index (χ1v) is 11.8. The highest BCUT2D eigenvalue weighted by molar-refractivity contribution is 8.63. The Balaban J connectivity index is 4.36. The van der Waals surface area contributed by atoms with Gasteiger partial charge in [0.2, 0.25) is 0 Å². The van der Waals surface area contributed by atoms with E-state index >= 15 is 0 Å². The van der Waals surface area contributed by atoms with E-state index in [1.807, 2.05) is 0 Å². The molecule has 2 atom stereocenters. The zero-order chi connectivity index (χ0) is 15.5. The third-order valence-electron chi connectivity index (χ3n) is 3.12. The molecule has 0 bridgehead atoms. The zero-order valence-electron chi connectivity index (χ0n) is 14.3. The maximum atomic E-state index is 5.85. The fourth-order valence-corrected chi connectivity index (χ4v) is 8.82. The molecule has 3 heteroatoms. The monoisotopic (exact) mass is 322 g/mol. The third kappa shape index (κ3) is 12.5. The molecule has 0 N–H and O–H groups in total. The average Bonchev–Trinajstić information content (AvgIpc) is 1.89. The molecule has 0 fully saturated rings. The summed E-state index contributed by atoms with van der Waals surface area (Å²) in [7, 11) is 0. The first-order chi connectivity index (χ1) is 8.20. The first kappa shape index (κ1) is 20.0. The van der Waals surface area contributed by atoms with Crippen LogP contribution in [-0.2, 0) is 11.8 Å². The highest BCUT2D eigenvalue weighted by Gasteiger charge is 2.24. The van der Waals surface area contributed by atoms with Gasteiger partial charge in [0, 0.05) is 5.24 Å². The number of thiol groups is 1. The number of hydrogen-bond donors (Lipinski definition) is 1. The lowest BCUT2D eigenvalue weighted by atomic mass is 9.86. The van der Waals surface area contributed by atoms with Gasteiger partial charge in [0.05, 0.1) is 0 Å². The van der Waals surface area contributed by atoms with Gasteiger partial charge in [-0.15, -0.1) is 12.2 Å². The normalized spacial score (nSPS) is 17.3. The maximum Gasteiger partial charge on any atom is 0.00395 e. The minimum absolute atomic E-state index is 0.402. The van der Waals surface area contributed by atoms with Gasteiger partial charge in [-0.3, -0.25) is 0 Å². The summed E-state index contributed by atoms with van der Waals surface area (Å²) in [6.07, 6.45) is 4.80. The fraction of sp³-hybridized carbons (Fsp3) is 1.00. The van der Waals surface area contributed by atoms with Crippen molar-refractivity contribution < 1.29 is 0 Å². The van der Waals surface area contributed by atoms with Crippen molar-refractivity contribution in [2.24, 2.45) is 22.7 Å². The molecule has 0 aliphatic carbocycles. The predicted octanol–water partition coefficient (Wildman–Crippen LogP) is 6.46. The van der Waals surface area contributed by atoms with E-state index in [0.29, 0.717) is 22.7 Å². The Morgan fingerprint density at radius 1 is 0.842 bits per heavy atom. The lowest BCUT2D eigenvalue weighted by Gasteiger charge is -2.30. The Morgan fingerprint density at radius 2 is 1.11 bits per heavy atom. The summed E-state index contributed by atoms with van der Waals surface area (Å²) in [6.45, 7) is 18.6. The molecule has 0 aliphatic heterocycles. The molecular formula is C16H35PS2. The van der Waals surface area contributed by atoms with Crippen molar-refractivity contribution in [3.63, 3.8) is 0 Å². The molecule has 0 rings (SSSR count). The molecule has 0 saturated carbocycles. The van der Waals surface area contributed by atoms with E-state index in [1.165, 1.54) is 12.8 Å². The highest BCUT2D eigenvalue weighted by Crippen LogP contribution is 2.55. The smallest absolute Gasteiger partial charge is 0.00395 e. The van der Waals surface area contributed by atoms with Gasteiger partial charge < -0.3 is 0 Å². The van der Waals surface area contributed by atoms with Gasteiger partial charge in [-0.25, -0.2) is 0 Å². The van der Waals surface area contributed by atoms with Crippen molar-refractivity contribution in [1.82, 2.24) is 0 Å². The SMILES string of the molecule is C[C@H](CC(C)(C)C)CP(=S)(S)C[C@H](C)CC(C)(C)C. The van der Waals surface area contributed by atoms with Crippen LogP contribution in [0.4, 0.5) is 0 Å². The van der Waals surface area contributed by atoms with Crippen molar-refractivity contribution in [1.29, 1.82) is 0 Å². The van der Waals surface area contributed by atoms with Crippen LogP contribution in [0.25, 0.3) is 0 Å². The Morgan fingerprint density at radius 3 is 1.32 bits per heavy atom. The molecule has 19 heavy (non-hydrogen) atoms. The molecule has 0 aromatic rings. The van der Waals surface area contributed by atoms with Crippen LogP contribution in [0.5, 0.6) is 0 Å². The van der Waals surface area contributed by atoms with E-state index < -0.39 is 5.24 Å². The van der Waals surface area contributed by atoms with Crippen molar-refractivity contribution >= 4 is 29.3 Å². The first-order valence-electron chi connectivity index (χ1n) is 7.51. The molecule has 0 radical (unpaired) electrons. The summed E-state index contributed by atoms with van der Waals surface area (Å²) in [4.78, 5) is 0. The van der Waals surface area contributed by atoms with E-state index in [0.717, 1.165) is 12.3 Å². The van der Waals surface area contributed by atoms with Crippen molar-refractivity contribution in [3.05, 3.63) is 0 Å². The predicted molar refractivity (Wildman–Crippen MR) is 99.5 cm³/mol. The Bertz CT molecular complexity index is 282. The van der Waals surface area contributed by atoms with Crippen LogP contribution in [0, 0.1) is 22.7 Å². The fourth-order valence-electron chi connectivity index (χ4n) is 3.27. The topological polar surface area (TPSA) is 0 Å². The number of hydrogen-bond acceptors (Lipinski definition) is 1. The van der Waals surface area contributed by atoms with Crippen LogP contribution in [0.2, 0.25) is 0 Å². The van der Waals surface area contributed by atoms with Crippen molar-refractivity contribution in [2.75, 3.05) is 12.3 Å². The molecule has 116 valence electrons. The zero-order valence-corrected chi connectivity index (χ0v) is 16.9. The summed E-state index contributed by atoms with van der Waals surface area (Å²) in [6, 6.07) is 0. The molecule has 0 amide bonds. The van der Waals surface area contributed by atoms with E-state index in [1.54, 1.807) is 0 Å². The second kappa shape index (κ2) is 7.32. The van der Waals surface area contributed by atoms with Gasteiger partial charge >= 0.3 is 0 Å². The quantitative estimate of drug-likeness (QED) is 0.433. The van der Waals surface area contributed by atoms with Crippen LogP contribution < -0.4 is 0 Å². The lowest BCUT2D eigenvalue weighted by molar-refractivity contribution is 0.319. The number of rotatable bonds is 6. The van der Waals surface area contributed by atoms with Gasteiger partial charge in [-0.05, 0) is 47.8 Å². The maximum absolute atomic E-state index is 5.85. The molecule has 0 heterocycles. The van der Waals surface area contributed by atoms with Crippen molar-refractivity contribution in [3.8, 4) is 0 Å². The molecular weight excluding hydrogens is 287 g/mol. The van der Waals surface area contributed by atoms with Gasteiger partial charge in [-0.2, -0.15) is 0 Å². The van der Waals surface area contributed by atoms with Gasteiger partial charge in [0.15, 0.2) is 0 Å². The highest BCUT2D eigenvalue weighted by atomic mass is 32.9. The summed E-state index contributed by atoms with van der Waals surface area (Å²) < 4.78 is 0. The van der Waals surface area contributed by atoms with Crippen LogP contribution >= 0.6 is 17.5 Å². The van der Waals surface area contributed by atoms with E-state index in [4.69, 9.17) is 24.1 Å². The molecule has 0 aliphatic rings. The summed E-state index contributed by atoms with van der Waals surface area (Å²) in [5, 5.41) is -1.45. The largest absolute Gasteiger partial charge is 0.141 e. The lowest BCUT2D eigenvalue weighted by Crippen LogP contribution is -2.17. The third-order valence-corrected chi connectivity index (χ3v) is 7.38. The molecule has 0 saturated heterocycles. The van der Waals surface area contributed by atoms with E-state index in [9.17, 15) is 0 Å². The van der Waals surface area contributed by atoms with Crippen LogP contribution in [0.1, 0.15) is 68.2 Å². The van der Waals surface area contributed by atoms with E-state index in [2.05, 4.69) is 55.4 Å². The second-order valence-electron chi connectivity index (χ2n) is 8.95. The standard InChI is InChI=1S/C16H35PS2/c1-13(9-15(3,4)5)11-17(18,19)12-14(2)10-16(6,7)8/h13-14H,9-12H2,1-8H3,(H,18,19)/t13-,14-/m1/s1. The van der Waals surface area contributed by atoms with Gasteiger partial charge in [0.25, 0.3) is 0 Å². The van der Waals surface area contributed by atoms with E-state index in [-0.39, 0.29) is 0 Å². The minimum atomic E-state index is -1.45. The Kier molecular flexibility index (Phi) is 7.71. The summed E-state index contributed by atoms with van der Waals surface area (Å²) >= 11 is 10.7. The Hall–Kier alpha value is 1.00. The molecule has 0 spiro atoms. The summed E-state index contributed by atoms with van der Waals surface area (Å²) in [5.74, 6) is 1.40. The minimum Gasteiger partial charge on any atom is -0.141 e. The van der Waals surface area contributed by atoms with Crippen molar-refractivity contribution in [2.45, 2.75) is 68.2 Å². The molecule has 0 aromatic carbocycles. The van der Waals surface area contributed by atoms with Gasteiger partial charge in [0.1, 0.15) is 0 Å². The average molecular weight is 323 g/mol. The van der Waals surface area contributed by atoms with Crippen LogP contribution in [-0.4, -0.2) is 12.3 Å². The second-order valence-corrected chi connectivity index (χ2v) is 16.6. The molecule has 0 unspecified atom stereocenters. The van der Waals surface area contributed by atoms with Crippen LogP contribution in [0.15, 0.2) is 0 Å². The van der Waals surface area contributed by atoms with Gasteiger partial charge in [-0.1, -0.05) is 67.2 Å². The van der Waals surface area contributed by atoms with Crippen LogP contribution in [0.3, 0.4) is 0 Å². The Labute approximate surface area is 132 Å².